The lowest BCUT2D eigenvalue weighted by Gasteiger charge is -2.03. The Morgan fingerprint density at radius 1 is 0.737 bits per heavy atom. The fourth-order valence-electron chi connectivity index (χ4n) is 1.14. The van der Waals surface area contributed by atoms with Crippen LogP contribution in [0.25, 0.3) is 0 Å². The SMILES string of the molecule is C=C(CC)C(=O)O.CC/C(C(=O)O)=C(/CC)C(=O)O. The molecule has 0 amide bonds. The predicted octanol–water partition coefficient (Wildman–Crippen LogP) is 2.31. The first-order chi connectivity index (χ1) is 8.72. The molecule has 6 heteroatoms. The summed E-state index contributed by atoms with van der Waals surface area (Å²) < 4.78 is 0. The molecular formula is C13H20O6. The van der Waals surface area contributed by atoms with E-state index in [0.717, 1.165) is 0 Å². The lowest BCUT2D eigenvalue weighted by Crippen LogP contribution is -2.10. The van der Waals surface area contributed by atoms with E-state index >= 15 is 0 Å². The zero-order valence-electron chi connectivity index (χ0n) is 11.4. The van der Waals surface area contributed by atoms with Crippen molar-refractivity contribution in [3.05, 3.63) is 23.3 Å². The van der Waals surface area contributed by atoms with Gasteiger partial charge in [-0.25, -0.2) is 14.4 Å². The van der Waals surface area contributed by atoms with Crippen molar-refractivity contribution in [1.29, 1.82) is 0 Å². The van der Waals surface area contributed by atoms with Crippen molar-refractivity contribution in [2.75, 3.05) is 0 Å². The summed E-state index contributed by atoms with van der Waals surface area (Å²) in [6.07, 6.45) is 1.00. The topological polar surface area (TPSA) is 112 Å². The first-order valence-corrected chi connectivity index (χ1v) is 5.82. The average Bonchev–Trinajstić information content (AvgIpc) is 2.34. The Morgan fingerprint density at radius 2 is 1.05 bits per heavy atom. The third-order valence-corrected chi connectivity index (χ3v) is 2.32. The van der Waals surface area contributed by atoms with Crippen molar-refractivity contribution in [2.24, 2.45) is 0 Å². The lowest BCUT2D eigenvalue weighted by atomic mass is 10.0. The molecule has 0 aliphatic rings. The Balaban J connectivity index is 0. The molecular weight excluding hydrogens is 252 g/mol. The van der Waals surface area contributed by atoms with E-state index < -0.39 is 17.9 Å². The second-order valence-electron chi connectivity index (χ2n) is 3.54. The minimum absolute atomic E-state index is 0.00926. The van der Waals surface area contributed by atoms with Crippen LogP contribution >= 0.6 is 0 Å². The van der Waals surface area contributed by atoms with Gasteiger partial charge in [-0.1, -0.05) is 27.4 Å². The summed E-state index contributed by atoms with van der Waals surface area (Å²) in [6.45, 7) is 8.29. The highest BCUT2D eigenvalue weighted by Crippen LogP contribution is 2.12. The summed E-state index contributed by atoms with van der Waals surface area (Å²) in [5, 5.41) is 25.3. The number of aliphatic carboxylic acids is 3. The van der Waals surface area contributed by atoms with Crippen LogP contribution in [-0.2, 0) is 14.4 Å². The van der Waals surface area contributed by atoms with Crippen LogP contribution in [0.5, 0.6) is 0 Å². The molecule has 0 aliphatic heterocycles. The van der Waals surface area contributed by atoms with Gasteiger partial charge in [-0.3, -0.25) is 0 Å². The Hall–Kier alpha value is -2.11. The standard InChI is InChI=1S/C8H12O4.C5H8O2/c1-3-5(7(9)10)6(4-2)8(11)12;1-3-4(2)5(6)7/h3-4H2,1-2H3,(H,9,10)(H,11,12);2-3H2,1H3,(H,6,7)/b6-5+;. The summed E-state index contributed by atoms with van der Waals surface area (Å²) >= 11 is 0. The summed E-state index contributed by atoms with van der Waals surface area (Å²) in [5.74, 6) is -3.18. The Labute approximate surface area is 112 Å². The number of rotatable bonds is 6. The quantitative estimate of drug-likeness (QED) is 0.639. The maximum Gasteiger partial charge on any atom is 0.332 e. The van der Waals surface area contributed by atoms with Crippen molar-refractivity contribution in [3.8, 4) is 0 Å². The molecule has 0 rings (SSSR count). The van der Waals surface area contributed by atoms with Gasteiger partial charge in [0, 0.05) is 16.7 Å². The van der Waals surface area contributed by atoms with Crippen LogP contribution in [0.2, 0.25) is 0 Å². The monoisotopic (exact) mass is 272 g/mol. The number of carbonyl (C=O) groups is 3. The van der Waals surface area contributed by atoms with E-state index in [-0.39, 0.29) is 29.6 Å². The van der Waals surface area contributed by atoms with E-state index in [0.29, 0.717) is 6.42 Å². The minimum Gasteiger partial charge on any atom is -0.478 e. The van der Waals surface area contributed by atoms with E-state index in [9.17, 15) is 14.4 Å². The molecule has 0 saturated carbocycles. The smallest absolute Gasteiger partial charge is 0.332 e. The zero-order chi connectivity index (χ0) is 15.6. The van der Waals surface area contributed by atoms with Crippen LogP contribution in [0.15, 0.2) is 23.3 Å². The van der Waals surface area contributed by atoms with Gasteiger partial charge >= 0.3 is 17.9 Å². The number of hydrogen-bond acceptors (Lipinski definition) is 3. The third kappa shape index (κ3) is 7.75. The second kappa shape index (κ2) is 9.87. The minimum atomic E-state index is -1.14. The Kier molecular flexibility index (Phi) is 10.00. The maximum absolute atomic E-state index is 10.5. The second-order valence-corrected chi connectivity index (χ2v) is 3.54. The molecule has 0 atom stereocenters. The highest BCUT2D eigenvalue weighted by Gasteiger charge is 2.16. The van der Waals surface area contributed by atoms with Crippen LogP contribution < -0.4 is 0 Å². The number of carboxylic acids is 3. The summed E-state index contributed by atoms with van der Waals surface area (Å²) in [5.41, 5.74) is 0.245. The molecule has 6 nitrogen and oxygen atoms in total. The maximum atomic E-state index is 10.5. The molecule has 19 heavy (non-hydrogen) atoms. The molecule has 0 radical (unpaired) electrons. The van der Waals surface area contributed by atoms with Crippen molar-refractivity contribution in [2.45, 2.75) is 40.0 Å². The Bertz CT molecular complexity index is 368. The molecule has 108 valence electrons. The molecule has 0 aromatic rings. The summed E-state index contributed by atoms with van der Waals surface area (Å²) in [6, 6.07) is 0. The van der Waals surface area contributed by atoms with Crippen LogP contribution in [-0.4, -0.2) is 33.2 Å². The molecule has 0 spiro atoms. The van der Waals surface area contributed by atoms with Gasteiger partial charge in [-0.2, -0.15) is 0 Å². The van der Waals surface area contributed by atoms with Crippen molar-refractivity contribution in [3.63, 3.8) is 0 Å². The molecule has 0 fully saturated rings. The molecule has 0 saturated heterocycles. The zero-order valence-corrected chi connectivity index (χ0v) is 11.4. The van der Waals surface area contributed by atoms with Gasteiger partial charge in [0.25, 0.3) is 0 Å². The van der Waals surface area contributed by atoms with E-state index in [1.807, 2.05) is 0 Å². The van der Waals surface area contributed by atoms with Crippen molar-refractivity contribution < 1.29 is 29.7 Å². The first-order valence-electron chi connectivity index (χ1n) is 5.82. The molecule has 0 heterocycles. The molecule has 0 unspecified atom stereocenters. The summed E-state index contributed by atoms with van der Waals surface area (Å²) in [7, 11) is 0. The van der Waals surface area contributed by atoms with Crippen LogP contribution in [0.4, 0.5) is 0 Å². The molecule has 0 aromatic heterocycles. The highest BCUT2D eigenvalue weighted by molar-refractivity contribution is 5.98. The van der Waals surface area contributed by atoms with Crippen molar-refractivity contribution >= 4 is 17.9 Å². The lowest BCUT2D eigenvalue weighted by molar-refractivity contribution is -0.136. The fourth-order valence-corrected chi connectivity index (χ4v) is 1.14. The molecule has 3 N–H and O–H groups in total. The van der Waals surface area contributed by atoms with Crippen LogP contribution in [0.1, 0.15) is 40.0 Å². The molecule has 0 bridgehead atoms. The van der Waals surface area contributed by atoms with Crippen LogP contribution in [0.3, 0.4) is 0 Å². The van der Waals surface area contributed by atoms with E-state index in [4.69, 9.17) is 15.3 Å². The van der Waals surface area contributed by atoms with Gasteiger partial charge in [0.2, 0.25) is 0 Å². The Morgan fingerprint density at radius 3 is 1.11 bits per heavy atom. The van der Waals surface area contributed by atoms with E-state index in [1.54, 1.807) is 20.8 Å². The van der Waals surface area contributed by atoms with Gasteiger partial charge in [-0.05, 0) is 19.3 Å². The fraction of sp³-hybridized carbons (Fsp3) is 0.462. The third-order valence-electron chi connectivity index (χ3n) is 2.32. The predicted molar refractivity (Wildman–Crippen MR) is 69.9 cm³/mol. The van der Waals surface area contributed by atoms with E-state index in [1.165, 1.54) is 0 Å². The normalized spacial score (nSPS) is 10.7. The van der Waals surface area contributed by atoms with Crippen LogP contribution in [0, 0.1) is 0 Å². The number of carboxylic acid groups (broad SMARTS) is 3. The van der Waals surface area contributed by atoms with Gasteiger partial charge < -0.3 is 15.3 Å². The summed E-state index contributed by atoms with van der Waals surface area (Å²) in [4.78, 5) is 30.9. The number of hydrogen-bond donors (Lipinski definition) is 3. The van der Waals surface area contributed by atoms with Crippen molar-refractivity contribution in [1.82, 2.24) is 0 Å². The van der Waals surface area contributed by atoms with Gasteiger partial charge in [0.15, 0.2) is 0 Å². The van der Waals surface area contributed by atoms with Gasteiger partial charge in [-0.15, -0.1) is 0 Å². The highest BCUT2D eigenvalue weighted by atomic mass is 16.4. The van der Waals surface area contributed by atoms with E-state index in [2.05, 4.69) is 6.58 Å². The van der Waals surface area contributed by atoms with Gasteiger partial charge in [0.1, 0.15) is 0 Å². The van der Waals surface area contributed by atoms with Gasteiger partial charge in [0.05, 0.1) is 0 Å². The largest absolute Gasteiger partial charge is 0.478 e. The first kappa shape index (κ1) is 19.2. The average molecular weight is 272 g/mol. The molecule has 0 aliphatic carbocycles. The molecule has 0 aromatic carbocycles.